The molecule has 0 unspecified atom stereocenters. The molecule has 4 nitrogen and oxygen atoms in total. The summed E-state index contributed by atoms with van der Waals surface area (Å²) in [6.45, 7) is 13.1. The Labute approximate surface area is 152 Å². The zero-order valence-corrected chi connectivity index (χ0v) is 17.4. The van der Waals surface area contributed by atoms with Crippen LogP contribution in [0.5, 0.6) is 0 Å². The highest BCUT2D eigenvalue weighted by Crippen LogP contribution is 2.76. The Balaban J connectivity index is 1.87. The third kappa shape index (κ3) is 1.83. The van der Waals surface area contributed by atoms with Crippen molar-refractivity contribution < 1.29 is 19.1 Å². The molecule has 1 aliphatic heterocycles. The molecule has 0 aromatic carbocycles. The van der Waals surface area contributed by atoms with Crippen molar-refractivity contribution in [2.45, 2.75) is 82.9 Å². The van der Waals surface area contributed by atoms with E-state index in [-0.39, 0.29) is 28.3 Å². The first kappa shape index (κ1) is 17.7. The molecule has 5 heteroatoms. The van der Waals surface area contributed by atoms with Gasteiger partial charge in [0.25, 0.3) is 0 Å². The van der Waals surface area contributed by atoms with Gasteiger partial charge in [0.2, 0.25) is 5.79 Å². The van der Waals surface area contributed by atoms with Gasteiger partial charge in [0.15, 0.2) is 13.9 Å². The van der Waals surface area contributed by atoms with Gasteiger partial charge in [-0.2, -0.15) is 0 Å². The lowest BCUT2D eigenvalue weighted by Crippen LogP contribution is -2.66. The summed E-state index contributed by atoms with van der Waals surface area (Å²) in [5.41, 5.74) is -1.31. The maximum atomic E-state index is 12.7. The molecule has 4 aliphatic rings. The number of carbonyl (C=O) groups excluding carboxylic acids is 1. The van der Waals surface area contributed by atoms with E-state index >= 15 is 0 Å². The Kier molecular flexibility index (Phi) is 3.40. The number of carbonyl (C=O) groups is 1. The molecule has 6 atom stereocenters. The van der Waals surface area contributed by atoms with E-state index in [9.17, 15) is 9.90 Å². The summed E-state index contributed by atoms with van der Waals surface area (Å²) in [6, 6.07) is 0. The summed E-state index contributed by atoms with van der Waals surface area (Å²) >= 11 is 0. The average Bonchev–Trinajstić information content (AvgIpc) is 2.98. The van der Waals surface area contributed by atoms with Crippen LogP contribution >= 0.6 is 0 Å². The van der Waals surface area contributed by atoms with Crippen molar-refractivity contribution in [2.75, 3.05) is 0 Å². The number of aliphatic hydroxyl groups is 1. The quantitative estimate of drug-likeness (QED) is 0.348. The van der Waals surface area contributed by atoms with Gasteiger partial charge in [0.05, 0.1) is 5.92 Å². The van der Waals surface area contributed by atoms with Crippen LogP contribution in [0.3, 0.4) is 0 Å². The second kappa shape index (κ2) is 4.79. The SMILES string of the molecule is C[C@H]1CCC=C[C@]23OC(=O)[C@H]4C[C@H](C[C@@]412)[C@@]3(O)O[Si](C)(C)C(C)(C)C. The molecule has 3 fully saturated rings. The van der Waals surface area contributed by atoms with Crippen molar-refractivity contribution in [3.05, 3.63) is 12.2 Å². The van der Waals surface area contributed by atoms with E-state index in [0.717, 1.165) is 19.3 Å². The first-order chi connectivity index (χ1) is 11.4. The summed E-state index contributed by atoms with van der Waals surface area (Å²) in [4.78, 5) is 12.7. The minimum Gasteiger partial charge on any atom is -0.448 e. The van der Waals surface area contributed by atoms with Gasteiger partial charge >= 0.3 is 5.97 Å². The molecule has 25 heavy (non-hydrogen) atoms. The molecule has 2 saturated carbocycles. The fourth-order valence-corrected chi connectivity index (χ4v) is 7.35. The number of ether oxygens (including phenoxy) is 1. The fourth-order valence-electron chi connectivity index (χ4n) is 5.95. The van der Waals surface area contributed by atoms with E-state index in [1.807, 2.05) is 6.08 Å². The molecular formula is C20H32O4Si. The Morgan fingerprint density at radius 3 is 2.68 bits per heavy atom. The predicted molar refractivity (Wildman–Crippen MR) is 98.2 cm³/mol. The highest BCUT2D eigenvalue weighted by Gasteiger charge is 2.86. The zero-order valence-electron chi connectivity index (χ0n) is 16.4. The molecule has 0 aromatic heterocycles. The largest absolute Gasteiger partial charge is 0.448 e. The Morgan fingerprint density at radius 2 is 2.04 bits per heavy atom. The standard InChI is InChI=1S/C20H32O4Si/c1-13-9-7-8-10-19-18(13)12-14(11-15(18)16(21)23-19)20(19,22)24-25(5,6)17(2,3)4/h8,10,13-15,22H,7,9,11-12H2,1-6H3/t13-,14+,15+,18-,19-,20+/m0/s1. The van der Waals surface area contributed by atoms with E-state index < -0.39 is 19.7 Å². The summed E-state index contributed by atoms with van der Waals surface area (Å²) in [6.07, 6.45) is 7.64. The van der Waals surface area contributed by atoms with Gasteiger partial charge in [0.1, 0.15) is 0 Å². The van der Waals surface area contributed by atoms with Gasteiger partial charge in [0, 0.05) is 11.3 Å². The number of hydrogen-bond acceptors (Lipinski definition) is 4. The Hall–Kier alpha value is -0.653. The monoisotopic (exact) mass is 364 g/mol. The second-order valence-corrected chi connectivity index (χ2v) is 15.1. The van der Waals surface area contributed by atoms with Crippen LogP contribution in [0.15, 0.2) is 12.2 Å². The lowest BCUT2D eigenvalue weighted by Gasteiger charge is -2.53. The molecule has 140 valence electrons. The third-order valence-electron chi connectivity index (χ3n) is 8.26. The van der Waals surface area contributed by atoms with Crippen LogP contribution < -0.4 is 0 Å². The molecule has 1 N–H and O–H groups in total. The lowest BCUT2D eigenvalue weighted by atomic mass is 9.59. The summed E-state index contributed by atoms with van der Waals surface area (Å²) < 4.78 is 12.8. The minimum absolute atomic E-state index is 0.0174. The van der Waals surface area contributed by atoms with Gasteiger partial charge in [-0.3, -0.25) is 4.79 Å². The molecule has 0 amide bonds. The van der Waals surface area contributed by atoms with Crippen LogP contribution in [0.2, 0.25) is 18.1 Å². The van der Waals surface area contributed by atoms with Crippen LogP contribution in [0.1, 0.15) is 53.4 Å². The van der Waals surface area contributed by atoms with Crippen molar-refractivity contribution in [1.29, 1.82) is 0 Å². The number of hydrogen-bond donors (Lipinski definition) is 1. The zero-order chi connectivity index (χ0) is 18.5. The molecule has 0 radical (unpaired) electrons. The maximum Gasteiger partial charge on any atom is 0.310 e. The molecule has 1 saturated heterocycles. The first-order valence-corrected chi connectivity index (χ1v) is 12.7. The highest BCUT2D eigenvalue weighted by atomic mass is 28.4. The molecule has 2 bridgehead atoms. The van der Waals surface area contributed by atoms with E-state index in [4.69, 9.17) is 9.16 Å². The maximum absolute atomic E-state index is 12.7. The van der Waals surface area contributed by atoms with Gasteiger partial charge < -0.3 is 14.3 Å². The molecule has 0 aromatic rings. The molecule has 3 aliphatic carbocycles. The summed E-state index contributed by atoms with van der Waals surface area (Å²) in [7, 11) is -2.24. The van der Waals surface area contributed by atoms with Crippen LogP contribution in [-0.2, 0) is 14.0 Å². The minimum atomic E-state index is -2.24. The van der Waals surface area contributed by atoms with Crippen LogP contribution in [0, 0.1) is 23.2 Å². The van der Waals surface area contributed by atoms with Gasteiger partial charge in [-0.1, -0.05) is 33.8 Å². The van der Waals surface area contributed by atoms with Crippen molar-refractivity contribution >= 4 is 14.3 Å². The van der Waals surface area contributed by atoms with Crippen LogP contribution in [0.25, 0.3) is 0 Å². The molecular weight excluding hydrogens is 332 g/mol. The Morgan fingerprint density at radius 1 is 1.36 bits per heavy atom. The van der Waals surface area contributed by atoms with Crippen molar-refractivity contribution in [2.24, 2.45) is 23.2 Å². The van der Waals surface area contributed by atoms with Crippen molar-refractivity contribution in [3.8, 4) is 0 Å². The van der Waals surface area contributed by atoms with Gasteiger partial charge in [-0.15, -0.1) is 0 Å². The molecule has 1 heterocycles. The van der Waals surface area contributed by atoms with E-state index in [0.29, 0.717) is 12.3 Å². The topological polar surface area (TPSA) is 55.8 Å². The lowest BCUT2D eigenvalue weighted by molar-refractivity contribution is -0.274. The van der Waals surface area contributed by atoms with Crippen molar-refractivity contribution in [3.63, 3.8) is 0 Å². The number of rotatable bonds is 2. The van der Waals surface area contributed by atoms with Gasteiger partial charge in [-0.05, 0) is 55.8 Å². The molecule has 1 spiro atoms. The molecule has 4 rings (SSSR count). The summed E-state index contributed by atoms with van der Waals surface area (Å²) in [5.74, 6) is -1.30. The fraction of sp³-hybridized carbons (Fsp3) is 0.850. The summed E-state index contributed by atoms with van der Waals surface area (Å²) in [5, 5.41) is 12.0. The third-order valence-corrected chi connectivity index (χ3v) is 12.7. The normalized spacial score (nSPS) is 48.4. The highest BCUT2D eigenvalue weighted by molar-refractivity contribution is 6.74. The second-order valence-electron chi connectivity index (χ2n) is 10.3. The van der Waals surface area contributed by atoms with E-state index in [1.165, 1.54) is 0 Å². The van der Waals surface area contributed by atoms with E-state index in [2.05, 4.69) is 46.9 Å². The van der Waals surface area contributed by atoms with Crippen LogP contribution in [-0.4, -0.2) is 30.8 Å². The Bertz CT molecular complexity index is 651. The predicted octanol–water partition coefficient (Wildman–Crippen LogP) is 4.00. The number of esters is 1. The van der Waals surface area contributed by atoms with Crippen molar-refractivity contribution in [1.82, 2.24) is 0 Å². The van der Waals surface area contributed by atoms with E-state index in [1.54, 1.807) is 0 Å². The first-order valence-electron chi connectivity index (χ1n) is 9.74. The smallest absolute Gasteiger partial charge is 0.310 e. The van der Waals surface area contributed by atoms with Crippen LogP contribution in [0.4, 0.5) is 0 Å². The van der Waals surface area contributed by atoms with Gasteiger partial charge in [-0.25, -0.2) is 0 Å². The number of allylic oxidation sites excluding steroid dienone is 1. The average molecular weight is 365 g/mol. The number of fused-ring (bicyclic) bond motifs is 1.